The molecule has 1 fully saturated rings. The summed E-state index contributed by atoms with van der Waals surface area (Å²) in [6, 6.07) is 5.79. The standard InChI is InChI=1S/C22H29Cl2N7/c1-5-30-10-8-15(9-11-30)31-19-18(13-25-20(28-19)29-22(2,3)4)27-21(31)26-14-6-7-16(23)17(24)12-14/h6-7,12-13,15H,5,8-11H2,1-4H3,(H,26,27)(H,25,28,29). The molecule has 0 saturated carbocycles. The van der Waals surface area contributed by atoms with Gasteiger partial charge in [-0.3, -0.25) is 4.57 Å². The third kappa shape index (κ3) is 5.05. The first kappa shape index (κ1) is 22.1. The lowest BCUT2D eigenvalue weighted by Gasteiger charge is -2.32. The highest BCUT2D eigenvalue weighted by atomic mass is 35.5. The van der Waals surface area contributed by atoms with E-state index in [1.54, 1.807) is 12.3 Å². The van der Waals surface area contributed by atoms with Crippen LogP contribution in [0, 0.1) is 0 Å². The van der Waals surface area contributed by atoms with Crippen molar-refractivity contribution in [3.8, 4) is 0 Å². The molecule has 3 aromatic rings. The van der Waals surface area contributed by atoms with Gasteiger partial charge in [0, 0.05) is 30.4 Å². The maximum absolute atomic E-state index is 6.23. The number of imidazole rings is 1. The number of hydrogen-bond acceptors (Lipinski definition) is 6. The first-order valence-corrected chi connectivity index (χ1v) is 11.5. The number of anilines is 3. The van der Waals surface area contributed by atoms with E-state index in [1.165, 1.54) is 0 Å². The Balaban J connectivity index is 1.75. The van der Waals surface area contributed by atoms with Gasteiger partial charge in [0.1, 0.15) is 5.52 Å². The zero-order valence-corrected chi connectivity index (χ0v) is 19.9. The number of rotatable bonds is 5. The second-order valence-electron chi connectivity index (χ2n) is 9.00. The lowest BCUT2D eigenvalue weighted by atomic mass is 10.0. The fraction of sp³-hybridized carbons (Fsp3) is 0.500. The Hall–Kier alpha value is -2.09. The molecule has 2 N–H and O–H groups in total. The number of halogens is 2. The average molecular weight is 462 g/mol. The van der Waals surface area contributed by atoms with Crippen molar-refractivity contribution >= 4 is 51.9 Å². The van der Waals surface area contributed by atoms with Gasteiger partial charge in [0.05, 0.1) is 16.2 Å². The predicted molar refractivity (Wildman–Crippen MR) is 129 cm³/mol. The highest BCUT2D eigenvalue weighted by molar-refractivity contribution is 6.42. The van der Waals surface area contributed by atoms with Crippen LogP contribution in [-0.4, -0.2) is 49.6 Å². The quantitative estimate of drug-likeness (QED) is 0.504. The highest BCUT2D eigenvalue weighted by Crippen LogP contribution is 2.33. The van der Waals surface area contributed by atoms with E-state index in [1.807, 2.05) is 12.1 Å². The van der Waals surface area contributed by atoms with Crippen molar-refractivity contribution in [2.24, 2.45) is 0 Å². The molecule has 7 nitrogen and oxygen atoms in total. The van der Waals surface area contributed by atoms with Gasteiger partial charge in [-0.2, -0.15) is 4.98 Å². The van der Waals surface area contributed by atoms with Crippen LogP contribution in [0.1, 0.15) is 46.6 Å². The van der Waals surface area contributed by atoms with Gasteiger partial charge in [-0.05, 0) is 58.4 Å². The van der Waals surface area contributed by atoms with Gasteiger partial charge >= 0.3 is 0 Å². The van der Waals surface area contributed by atoms with Gasteiger partial charge < -0.3 is 15.5 Å². The second kappa shape index (κ2) is 8.81. The van der Waals surface area contributed by atoms with E-state index in [9.17, 15) is 0 Å². The molecule has 0 atom stereocenters. The number of fused-ring (bicyclic) bond motifs is 1. The van der Waals surface area contributed by atoms with Crippen LogP contribution >= 0.6 is 23.2 Å². The molecule has 1 aliphatic rings. The van der Waals surface area contributed by atoms with Crippen LogP contribution in [0.3, 0.4) is 0 Å². The smallest absolute Gasteiger partial charge is 0.225 e. The zero-order chi connectivity index (χ0) is 22.2. The summed E-state index contributed by atoms with van der Waals surface area (Å²) in [5.74, 6) is 1.35. The number of piperidine rings is 1. The van der Waals surface area contributed by atoms with Crippen molar-refractivity contribution in [1.82, 2.24) is 24.4 Å². The molecule has 0 radical (unpaired) electrons. The molecule has 0 amide bonds. The summed E-state index contributed by atoms with van der Waals surface area (Å²) in [5, 5.41) is 7.82. The van der Waals surface area contributed by atoms with Crippen LogP contribution in [-0.2, 0) is 0 Å². The van der Waals surface area contributed by atoms with Gasteiger partial charge in [0.15, 0.2) is 5.65 Å². The van der Waals surface area contributed by atoms with Crippen LogP contribution in [0.25, 0.3) is 11.2 Å². The number of nitrogens with zero attached hydrogens (tertiary/aromatic N) is 5. The number of hydrogen-bond donors (Lipinski definition) is 2. The summed E-state index contributed by atoms with van der Waals surface area (Å²) in [5.41, 5.74) is 2.30. The topological polar surface area (TPSA) is 70.9 Å². The maximum atomic E-state index is 6.23. The summed E-state index contributed by atoms with van der Waals surface area (Å²) < 4.78 is 2.22. The molecule has 4 rings (SSSR count). The second-order valence-corrected chi connectivity index (χ2v) is 9.82. The van der Waals surface area contributed by atoms with Crippen molar-refractivity contribution in [3.63, 3.8) is 0 Å². The predicted octanol–water partition coefficient (Wildman–Crippen LogP) is 5.74. The minimum absolute atomic E-state index is 0.133. The summed E-state index contributed by atoms with van der Waals surface area (Å²) in [6.07, 6.45) is 3.87. The lowest BCUT2D eigenvalue weighted by Crippen LogP contribution is -2.34. The van der Waals surface area contributed by atoms with Gasteiger partial charge in [0.25, 0.3) is 0 Å². The number of likely N-dealkylation sites (tertiary alicyclic amines) is 1. The van der Waals surface area contributed by atoms with Crippen LogP contribution in [0.5, 0.6) is 0 Å². The van der Waals surface area contributed by atoms with Gasteiger partial charge in [0.2, 0.25) is 11.9 Å². The molecule has 166 valence electrons. The molecule has 9 heteroatoms. The SMILES string of the molecule is CCN1CCC(n2c(Nc3ccc(Cl)c(Cl)c3)nc3cnc(NC(C)(C)C)nc32)CC1. The van der Waals surface area contributed by atoms with Crippen molar-refractivity contribution in [3.05, 3.63) is 34.4 Å². The molecule has 0 unspecified atom stereocenters. The Morgan fingerprint density at radius 1 is 1.10 bits per heavy atom. The van der Waals surface area contributed by atoms with E-state index in [0.717, 1.165) is 55.3 Å². The molecular weight excluding hydrogens is 433 g/mol. The van der Waals surface area contributed by atoms with Crippen LogP contribution in [0.2, 0.25) is 10.0 Å². The molecule has 3 heterocycles. The lowest BCUT2D eigenvalue weighted by molar-refractivity contribution is 0.197. The maximum Gasteiger partial charge on any atom is 0.225 e. The molecule has 31 heavy (non-hydrogen) atoms. The summed E-state index contributed by atoms with van der Waals surface area (Å²) in [4.78, 5) is 16.6. The Labute approximate surface area is 193 Å². The molecule has 1 aromatic carbocycles. The molecule has 2 aromatic heterocycles. The average Bonchev–Trinajstić information content (AvgIpc) is 3.06. The van der Waals surface area contributed by atoms with E-state index >= 15 is 0 Å². The van der Waals surface area contributed by atoms with Crippen molar-refractivity contribution in [2.75, 3.05) is 30.3 Å². The third-order valence-electron chi connectivity index (χ3n) is 5.46. The van der Waals surface area contributed by atoms with Gasteiger partial charge in [-0.15, -0.1) is 0 Å². The number of benzene rings is 1. The summed E-state index contributed by atoms with van der Waals surface area (Å²) in [7, 11) is 0. The van der Waals surface area contributed by atoms with Gasteiger partial charge in [-0.25, -0.2) is 9.97 Å². The first-order valence-electron chi connectivity index (χ1n) is 10.7. The van der Waals surface area contributed by atoms with Crippen molar-refractivity contribution < 1.29 is 0 Å². The molecule has 0 bridgehead atoms. The van der Waals surface area contributed by atoms with Crippen molar-refractivity contribution in [1.29, 1.82) is 0 Å². The van der Waals surface area contributed by atoms with Gasteiger partial charge in [-0.1, -0.05) is 30.1 Å². The number of aromatic nitrogens is 4. The fourth-order valence-electron chi connectivity index (χ4n) is 3.92. The monoisotopic (exact) mass is 461 g/mol. The van der Waals surface area contributed by atoms with E-state index in [2.05, 4.69) is 52.8 Å². The minimum Gasteiger partial charge on any atom is -0.350 e. The van der Waals surface area contributed by atoms with Crippen LogP contribution < -0.4 is 10.6 Å². The minimum atomic E-state index is -0.133. The third-order valence-corrected chi connectivity index (χ3v) is 6.20. The number of nitrogens with one attached hydrogen (secondary N) is 2. The molecule has 0 spiro atoms. The Morgan fingerprint density at radius 3 is 2.48 bits per heavy atom. The largest absolute Gasteiger partial charge is 0.350 e. The summed E-state index contributed by atoms with van der Waals surface area (Å²) in [6.45, 7) is 11.7. The van der Waals surface area contributed by atoms with E-state index in [4.69, 9.17) is 33.2 Å². The molecule has 1 aliphatic heterocycles. The fourth-order valence-corrected chi connectivity index (χ4v) is 4.22. The van der Waals surface area contributed by atoms with E-state index in [-0.39, 0.29) is 5.54 Å². The van der Waals surface area contributed by atoms with Crippen LogP contribution in [0.4, 0.5) is 17.6 Å². The Bertz CT molecular complexity index is 1070. The zero-order valence-electron chi connectivity index (χ0n) is 18.4. The van der Waals surface area contributed by atoms with E-state index in [0.29, 0.717) is 22.0 Å². The van der Waals surface area contributed by atoms with E-state index < -0.39 is 0 Å². The van der Waals surface area contributed by atoms with Crippen molar-refractivity contribution in [2.45, 2.75) is 52.1 Å². The Kier molecular flexibility index (Phi) is 6.28. The molecule has 1 saturated heterocycles. The Morgan fingerprint density at radius 2 is 1.84 bits per heavy atom. The van der Waals surface area contributed by atoms with Crippen LogP contribution in [0.15, 0.2) is 24.4 Å². The molecule has 0 aliphatic carbocycles. The summed E-state index contributed by atoms with van der Waals surface area (Å²) >= 11 is 12.3. The first-order chi connectivity index (χ1) is 14.7. The molecular formula is C22H29Cl2N7. The highest BCUT2D eigenvalue weighted by Gasteiger charge is 2.26. The normalized spacial score (nSPS) is 16.1.